The molecule has 1 N–H and O–H groups in total. The van der Waals surface area contributed by atoms with Gasteiger partial charge >= 0.3 is 5.97 Å². The van der Waals surface area contributed by atoms with E-state index in [0.29, 0.717) is 26.4 Å². The molecule has 0 radical (unpaired) electrons. The summed E-state index contributed by atoms with van der Waals surface area (Å²) in [6, 6.07) is 5.96. The van der Waals surface area contributed by atoms with Crippen LogP contribution in [-0.4, -0.2) is 61.7 Å². The Labute approximate surface area is 158 Å². The van der Waals surface area contributed by atoms with Gasteiger partial charge in [-0.15, -0.1) is 11.8 Å². The zero-order valence-electron chi connectivity index (χ0n) is 13.2. The topological polar surface area (TPSA) is 77.9 Å². The average Bonchev–Trinajstić information content (AvgIpc) is 3.17. The molecule has 0 aliphatic carbocycles. The maximum absolute atomic E-state index is 12.5. The van der Waals surface area contributed by atoms with Gasteiger partial charge in [0.25, 0.3) is 11.8 Å². The van der Waals surface area contributed by atoms with Crippen molar-refractivity contribution in [3.8, 4) is 0 Å². The molecule has 0 bridgehead atoms. The zero-order chi connectivity index (χ0) is 18.1. The summed E-state index contributed by atoms with van der Waals surface area (Å²) in [6.45, 7) is 0. The largest absolute Gasteiger partial charge is 0.480 e. The second-order valence-electron chi connectivity index (χ2n) is 5.49. The van der Waals surface area contributed by atoms with E-state index in [1.807, 2.05) is 0 Å². The maximum Gasteiger partial charge on any atom is 0.327 e. The molecule has 2 heterocycles. The van der Waals surface area contributed by atoms with Crippen molar-refractivity contribution in [2.24, 2.45) is 0 Å². The number of rotatable bonds is 3. The third kappa shape index (κ3) is 3.58. The molecule has 2 aliphatic rings. The van der Waals surface area contributed by atoms with Crippen LogP contribution in [0.1, 0.15) is 15.9 Å². The number of carbonyl (C=O) groups excluding carboxylic acids is 2. The normalized spacial score (nSPS) is 22.1. The molecule has 2 saturated heterocycles. The molecule has 1 unspecified atom stereocenters. The Kier molecular flexibility index (Phi) is 5.16. The van der Waals surface area contributed by atoms with Gasteiger partial charge in [0, 0.05) is 18.4 Å². The molecule has 2 fully saturated rings. The predicted octanol–water partition coefficient (Wildman–Crippen LogP) is 2.12. The Balaban J connectivity index is 1.77. The van der Waals surface area contributed by atoms with Gasteiger partial charge in [-0.25, -0.2) is 4.79 Å². The molecule has 2 aliphatic heterocycles. The number of nitrogens with zero attached hydrogens (tertiary/aromatic N) is 2. The number of amides is 2. The number of likely N-dealkylation sites (N-methyl/N-ethyl adjacent to an activating group) is 1. The number of carboxylic acid groups (broad SMARTS) is 1. The van der Waals surface area contributed by atoms with E-state index < -0.39 is 12.0 Å². The van der Waals surface area contributed by atoms with E-state index in [4.69, 9.17) is 12.2 Å². The van der Waals surface area contributed by atoms with Gasteiger partial charge in [0.05, 0.1) is 10.8 Å². The predicted molar refractivity (Wildman–Crippen MR) is 102 cm³/mol. The molecule has 3 rings (SSSR count). The summed E-state index contributed by atoms with van der Waals surface area (Å²) in [6.07, 6.45) is 1.73. The van der Waals surface area contributed by atoms with Crippen molar-refractivity contribution in [3.63, 3.8) is 0 Å². The highest BCUT2D eigenvalue weighted by molar-refractivity contribution is 8.26. The highest BCUT2D eigenvalue weighted by atomic mass is 32.2. The van der Waals surface area contributed by atoms with Crippen molar-refractivity contribution in [3.05, 3.63) is 40.3 Å². The molecule has 25 heavy (non-hydrogen) atoms. The molecule has 2 amide bonds. The van der Waals surface area contributed by atoms with Crippen LogP contribution in [0.5, 0.6) is 0 Å². The average molecular weight is 394 g/mol. The molecule has 0 spiro atoms. The highest BCUT2D eigenvalue weighted by Gasteiger charge is 2.35. The number of hydrogen-bond acceptors (Lipinski definition) is 6. The van der Waals surface area contributed by atoms with Gasteiger partial charge in [0.15, 0.2) is 0 Å². The van der Waals surface area contributed by atoms with Crippen LogP contribution in [0, 0.1) is 0 Å². The van der Waals surface area contributed by atoms with Gasteiger partial charge in [0.1, 0.15) is 10.4 Å². The van der Waals surface area contributed by atoms with E-state index in [-0.39, 0.29) is 11.8 Å². The van der Waals surface area contributed by atoms with Crippen LogP contribution in [0.25, 0.3) is 6.08 Å². The van der Waals surface area contributed by atoms with Crippen molar-refractivity contribution in [1.29, 1.82) is 0 Å². The summed E-state index contributed by atoms with van der Waals surface area (Å²) >= 11 is 7.75. The number of carbonyl (C=O) groups is 3. The maximum atomic E-state index is 12.5. The fourth-order valence-corrected chi connectivity index (χ4v) is 4.76. The Morgan fingerprint density at radius 3 is 2.56 bits per heavy atom. The summed E-state index contributed by atoms with van der Waals surface area (Å²) in [5.41, 5.74) is 1.20. The zero-order valence-corrected chi connectivity index (χ0v) is 15.6. The number of benzene rings is 1. The van der Waals surface area contributed by atoms with E-state index in [1.54, 1.807) is 37.4 Å². The van der Waals surface area contributed by atoms with Crippen molar-refractivity contribution in [1.82, 2.24) is 9.80 Å². The minimum Gasteiger partial charge on any atom is -0.480 e. The van der Waals surface area contributed by atoms with Gasteiger partial charge in [-0.3, -0.25) is 14.5 Å². The first-order valence-electron chi connectivity index (χ1n) is 7.31. The summed E-state index contributed by atoms with van der Waals surface area (Å²) in [7, 11) is 1.63. The van der Waals surface area contributed by atoms with Crippen LogP contribution in [0.3, 0.4) is 0 Å². The molecule has 130 valence electrons. The molecule has 1 aromatic carbocycles. The molecule has 6 nitrogen and oxygen atoms in total. The van der Waals surface area contributed by atoms with Gasteiger partial charge in [-0.2, -0.15) is 0 Å². The van der Waals surface area contributed by atoms with Crippen molar-refractivity contribution in [2.45, 2.75) is 6.04 Å². The van der Waals surface area contributed by atoms with Crippen LogP contribution >= 0.6 is 35.7 Å². The number of carboxylic acids is 1. The Morgan fingerprint density at radius 1 is 1.32 bits per heavy atom. The lowest BCUT2D eigenvalue weighted by Crippen LogP contribution is -2.41. The third-order valence-corrected chi connectivity index (χ3v) is 6.37. The van der Waals surface area contributed by atoms with Crippen LogP contribution in [0.2, 0.25) is 0 Å². The Morgan fingerprint density at radius 2 is 2.00 bits per heavy atom. The fourth-order valence-electron chi connectivity index (χ4n) is 2.43. The monoisotopic (exact) mass is 394 g/mol. The molecule has 1 aromatic rings. The minimum atomic E-state index is -0.989. The van der Waals surface area contributed by atoms with Crippen LogP contribution in [-0.2, 0) is 9.59 Å². The van der Waals surface area contributed by atoms with E-state index in [0.717, 1.165) is 5.56 Å². The molecular formula is C16H14N2O4S3. The lowest BCUT2D eigenvalue weighted by molar-refractivity contribution is -0.140. The van der Waals surface area contributed by atoms with E-state index in [1.165, 1.54) is 33.3 Å². The van der Waals surface area contributed by atoms with Crippen molar-refractivity contribution < 1.29 is 19.5 Å². The first-order chi connectivity index (χ1) is 11.9. The van der Waals surface area contributed by atoms with Gasteiger partial charge < -0.3 is 10.0 Å². The lowest BCUT2D eigenvalue weighted by atomic mass is 10.1. The number of hydrogen-bond donors (Lipinski definition) is 1. The lowest BCUT2D eigenvalue weighted by Gasteiger charge is -2.20. The molecule has 0 saturated carbocycles. The summed E-state index contributed by atoms with van der Waals surface area (Å²) in [5.74, 6) is -0.664. The van der Waals surface area contributed by atoms with Gasteiger partial charge in [0.2, 0.25) is 0 Å². The molecule has 0 aromatic heterocycles. The highest BCUT2D eigenvalue weighted by Crippen LogP contribution is 2.31. The van der Waals surface area contributed by atoms with Gasteiger partial charge in [-0.05, 0) is 23.8 Å². The second-order valence-corrected chi connectivity index (χ2v) is 8.17. The first kappa shape index (κ1) is 18.0. The van der Waals surface area contributed by atoms with Crippen molar-refractivity contribution >= 4 is 63.9 Å². The fraction of sp³-hybridized carbons (Fsp3) is 0.250. The molecule has 1 atom stereocenters. The number of thioether (sulfide) groups is 2. The second kappa shape index (κ2) is 7.19. The summed E-state index contributed by atoms with van der Waals surface area (Å²) < 4.78 is 0.509. The molecular weight excluding hydrogens is 380 g/mol. The number of thiocarbonyl (C=S) groups is 1. The van der Waals surface area contributed by atoms with E-state index in [2.05, 4.69) is 0 Å². The molecule has 9 heteroatoms. The quantitative estimate of drug-likeness (QED) is 0.621. The SMILES string of the molecule is CN1C(=O)C(=Cc2ccc(C(=O)N3CSCC3C(=O)O)cc2)SC1=S. The first-order valence-corrected chi connectivity index (χ1v) is 9.69. The van der Waals surface area contributed by atoms with Crippen LogP contribution in [0.15, 0.2) is 29.2 Å². The van der Waals surface area contributed by atoms with E-state index in [9.17, 15) is 19.5 Å². The Hall–Kier alpha value is -1.84. The van der Waals surface area contributed by atoms with E-state index >= 15 is 0 Å². The third-order valence-electron chi connectivity index (χ3n) is 3.87. The number of aliphatic carboxylic acids is 1. The minimum absolute atomic E-state index is 0.145. The van der Waals surface area contributed by atoms with Crippen LogP contribution in [0.4, 0.5) is 0 Å². The van der Waals surface area contributed by atoms with Gasteiger partial charge in [-0.1, -0.05) is 36.1 Å². The smallest absolute Gasteiger partial charge is 0.327 e. The standard InChI is InChI=1S/C16H14N2O4S3/c1-17-14(20)12(25-16(17)23)6-9-2-4-10(5-3-9)13(19)18-8-24-7-11(18)15(21)22/h2-6,11H,7-8H2,1H3,(H,21,22). The van der Waals surface area contributed by atoms with Crippen molar-refractivity contribution in [2.75, 3.05) is 18.7 Å². The summed E-state index contributed by atoms with van der Waals surface area (Å²) in [4.78, 5) is 39.0. The summed E-state index contributed by atoms with van der Waals surface area (Å²) in [5, 5.41) is 9.19. The van der Waals surface area contributed by atoms with Crippen LogP contribution < -0.4 is 0 Å². The Bertz CT molecular complexity index is 791.